The van der Waals surface area contributed by atoms with Crippen LogP contribution in [0.2, 0.25) is 0 Å². The zero-order chi connectivity index (χ0) is 10.8. The van der Waals surface area contributed by atoms with E-state index in [-0.39, 0.29) is 18.4 Å². The fourth-order valence-corrected chi connectivity index (χ4v) is 2.24. The first-order valence-corrected chi connectivity index (χ1v) is 5.52. The molecule has 1 aromatic heterocycles. The van der Waals surface area contributed by atoms with Crippen molar-refractivity contribution in [1.82, 2.24) is 15.3 Å². The van der Waals surface area contributed by atoms with Crippen LogP contribution in [0.15, 0.2) is 42.9 Å². The molecule has 0 spiro atoms. The monoisotopic (exact) mass is 247 g/mol. The molecule has 0 fully saturated rings. The van der Waals surface area contributed by atoms with Crippen molar-refractivity contribution in [2.24, 2.45) is 0 Å². The molecule has 1 N–H and O–H groups in total. The Kier molecular flexibility index (Phi) is 3.71. The molecule has 3 nitrogen and oxygen atoms in total. The summed E-state index contributed by atoms with van der Waals surface area (Å²) in [5.41, 5.74) is 3.81. The van der Waals surface area contributed by atoms with Crippen LogP contribution in [0.25, 0.3) is 0 Å². The van der Waals surface area contributed by atoms with E-state index in [9.17, 15) is 0 Å². The minimum Gasteiger partial charge on any atom is -0.305 e. The molecule has 17 heavy (non-hydrogen) atoms. The lowest BCUT2D eigenvalue weighted by molar-refractivity contribution is 0.556. The summed E-state index contributed by atoms with van der Waals surface area (Å²) >= 11 is 0. The third-order valence-corrected chi connectivity index (χ3v) is 3.01. The van der Waals surface area contributed by atoms with Gasteiger partial charge >= 0.3 is 0 Å². The molecule has 2 aromatic rings. The van der Waals surface area contributed by atoms with E-state index in [1.54, 1.807) is 12.5 Å². The van der Waals surface area contributed by atoms with Gasteiger partial charge in [-0.1, -0.05) is 24.3 Å². The lowest BCUT2D eigenvalue weighted by Crippen LogP contribution is -2.31. The Morgan fingerprint density at radius 1 is 1.18 bits per heavy atom. The Bertz CT molecular complexity index is 487. The van der Waals surface area contributed by atoms with Crippen molar-refractivity contribution in [3.8, 4) is 0 Å². The number of hydrogen-bond donors (Lipinski definition) is 1. The fourth-order valence-electron chi connectivity index (χ4n) is 2.24. The summed E-state index contributed by atoms with van der Waals surface area (Å²) in [6, 6.07) is 10.7. The number of fused-ring (bicyclic) bond motifs is 1. The highest BCUT2D eigenvalue weighted by Crippen LogP contribution is 2.26. The van der Waals surface area contributed by atoms with Gasteiger partial charge in [0.1, 0.15) is 6.33 Å². The molecular formula is C13H14ClN3. The molecule has 1 aliphatic heterocycles. The van der Waals surface area contributed by atoms with E-state index in [4.69, 9.17) is 0 Å². The summed E-state index contributed by atoms with van der Waals surface area (Å²) < 4.78 is 0. The van der Waals surface area contributed by atoms with Crippen LogP contribution in [0, 0.1) is 0 Å². The molecule has 88 valence electrons. The Morgan fingerprint density at radius 3 is 2.88 bits per heavy atom. The lowest BCUT2D eigenvalue weighted by Gasteiger charge is -2.26. The van der Waals surface area contributed by atoms with Crippen molar-refractivity contribution >= 4 is 12.4 Å². The van der Waals surface area contributed by atoms with Crippen molar-refractivity contribution in [2.75, 3.05) is 6.54 Å². The van der Waals surface area contributed by atoms with Gasteiger partial charge in [-0.15, -0.1) is 12.4 Å². The van der Waals surface area contributed by atoms with Crippen LogP contribution >= 0.6 is 12.4 Å². The Labute approximate surface area is 107 Å². The molecule has 0 amide bonds. The quantitative estimate of drug-likeness (QED) is 0.839. The van der Waals surface area contributed by atoms with Crippen molar-refractivity contribution in [1.29, 1.82) is 0 Å². The van der Waals surface area contributed by atoms with Gasteiger partial charge in [0.05, 0.1) is 11.7 Å². The van der Waals surface area contributed by atoms with Gasteiger partial charge in [0.25, 0.3) is 0 Å². The van der Waals surface area contributed by atoms with Crippen LogP contribution in [0.3, 0.4) is 0 Å². The minimum absolute atomic E-state index is 0. The van der Waals surface area contributed by atoms with Crippen molar-refractivity contribution < 1.29 is 0 Å². The number of hydrogen-bond acceptors (Lipinski definition) is 3. The van der Waals surface area contributed by atoms with Gasteiger partial charge in [-0.2, -0.15) is 0 Å². The van der Waals surface area contributed by atoms with Crippen molar-refractivity contribution in [2.45, 2.75) is 12.5 Å². The molecule has 3 rings (SSSR count). The summed E-state index contributed by atoms with van der Waals surface area (Å²) in [6.07, 6.45) is 4.49. The van der Waals surface area contributed by atoms with E-state index in [1.807, 2.05) is 6.07 Å². The maximum atomic E-state index is 4.33. The standard InChI is InChI=1S/C13H13N3.ClH/c1-2-4-11-10(3-1)5-8-15-13(11)12-6-7-14-9-16-12;/h1-4,6-7,9,13,15H,5,8H2;1H. The number of aromatic nitrogens is 2. The van der Waals surface area contributed by atoms with Crippen LogP contribution in [-0.2, 0) is 6.42 Å². The van der Waals surface area contributed by atoms with Gasteiger partial charge in [0, 0.05) is 12.7 Å². The first-order chi connectivity index (χ1) is 7.95. The van der Waals surface area contributed by atoms with E-state index < -0.39 is 0 Å². The first kappa shape index (κ1) is 12.0. The SMILES string of the molecule is Cl.c1ccc2c(c1)CCNC2c1ccncn1. The second-order valence-electron chi connectivity index (χ2n) is 3.97. The van der Waals surface area contributed by atoms with Crippen molar-refractivity contribution in [3.63, 3.8) is 0 Å². The smallest absolute Gasteiger partial charge is 0.115 e. The topological polar surface area (TPSA) is 37.8 Å². The molecule has 1 aliphatic rings. The first-order valence-electron chi connectivity index (χ1n) is 5.52. The largest absolute Gasteiger partial charge is 0.305 e. The molecule has 1 unspecified atom stereocenters. The van der Waals surface area contributed by atoms with Crippen molar-refractivity contribution in [3.05, 3.63) is 59.7 Å². The minimum atomic E-state index is 0. The molecule has 4 heteroatoms. The summed E-state index contributed by atoms with van der Waals surface area (Å²) in [4.78, 5) is 8.28. The Hall–Kier alpha value is -1.45. The summed E-state index contributed by atoms with van der Waals surface area (Å²) in [7, 11) is 0. The fraction of sp³-hybridized carbons (Fsp3) is 0.231. The normalized spacial score (nSPS) is 18.0. The highest BCUT2D eigenvalue weighted by Gasteiger charge is 2.21. The number of nitrogens with zero attached hydrogens (tertiary/aromatic N) is 2. The Morgan fingerprint density at radius 2 is 2.06 bits per heavy atom. The molecule has 0 saturated heterocycles. The molecule has 1 aromatic carbocycles. The summed E-state index contributed by atoms with van der Waals surface area (Å²) in [6.45, 7) is 1.01. The van der Waals surface area contributed by atoms with Crippen LogP contribution in [0.5, 0.6) is 0 Å². The molecule has 0 radical (unpaired) electrons. The van der Waals surface area contributed by atoms with Crippen LogP contribution in [-0.4, -0.2) is 16.5 Å². The second-order valence-corrected chi connectivity index (χ2v) is 3.97. The third kappa shape index (κ3) is 2.30. The zero-order valence-electron chi connectivity index (χ0n) is 9.34. The molecule has 0 saturated carbocycles. The number of nitrogens with one attached hydrogen (secondary N) is 1. The van der Waals surface area contributed by atoms with Gasteiger partial charge in [0.15, 0.2) is 0 Å². The number of rotatable bonds is 1. The van der Waals surface area contributed by atoms with Gasteiger partial charge in [-0.05, 0) is 23.6 Å². The molecule has 0 aliphatic carbocycles. The number of benzene rings is 1. The average molecular weight is 248 g/mol. The molecule has 2 heterocycles. The van der Waals surface area contributed by atoms with E-state index in [0.29, 0.717) is 0 Å². The second kappa shape index (κ2) is 5.25. The van der Waals surface area contributed by atoms with Gasteiger partial charge in [0.2, 0.25) is 0 Å². The van der Waals surface area contributed by atoms with Crippen LogP contribution < -0.4 is 5.32 Å². The van der Waals surface area contributed by atoms with Crippen LogP contribution in [0.4, 0.5) is 0 Å². The van der Waals surface area contributed by atoms with Gasteiger partial charge in [-0.3, -0.25) is 0 Å². The Balaban J connectivity index is 0.00000108. The predicted molar refractivity (Wildman–Crippen MR) is 69.3 cm³/mol. The third-order valence-electron chi connectivity index (χ3n) is 3.01. The van der Waals surface area contributed by atoms with E-state index in [2.05, 4.69) is 39.6 Å². The number of halogens is 1. The van der Waals surface area contributed by atoms with Gasteiger partial charge in [-0.25, -0.2) is 9.97 Å². The maximum Gasteiger partial charge on any atom is 0.115 e. The van der Waals surface area contributed by atoms with E-state index in [1.165, 1.54) is 11.1 Å². The molecular weight excluding hydrogens is 234 g/mol. The van der Waals surface area contributed by atoms with Gasteiger partial charge < -0.3 is 5.32 Å². The predicted octanol–water partition coefficient (Wildman–Crippen LogP) is 2.13. The molecule has 1 atom stereocenters. The maximum absolute atomic E-state index is 4.33. The molecule has 0 bridgehead atoms. The van der Waals surface area contributed by atoms with E-state index >= 15 is 0 Å². The average Bonchev–Trinajstić information content (AvgIpc) is 2.39. The summed E-state index contributed by atoms with van der Waals surface area (Å²) in [5.74, 6) is 0. The highest BCUT2D eigenvalue weighted by atomic mass is 35.5. The lowest BCUT2D eigenvalue weighted by atomic mass is 9.92. The van der Waals surface area contributed by atoms with E-state index in [0.717, 1.165) is 18.7 Å². The highest BCUT2D eigenvalue weighted by molar-refractivity contribution is 5.85. The zero-order valence-corrected chi connectivity index (χ0v) is 10.2. The summed E-state index contributed by atoms with van der Waals surface area (Å²) in [5, 5.41) is 3.50. The van der Waals surface area contributed by atoms with Crippen LogP contribution in [0.1, 0.15) is 22.9 Å².